The molecule has 3 aliphatic rings. The quantitative estimate of drug-likeness (QED) is 0.802. The van der Waals surface area contributed by atoms with E-state index in [9.17, 15) is 5.11 Å². The summed E-state index contributed by atoms with van der Waals surface area (Å²) in [5, 5.41) is 10.2. The van der Waals surface area contributed by atoms with E-state index in [0.717, 1.165) is 18.3 Å². The van der Waals surface area contributed by atoms with Crippen molar-refractivity contribution in [3.05, 3.63) is 0 Å². The van der Waals surface area contributed by atoms with Crippen LogP contribution in [0.3, 0.4) is 0 Å². The SMILES string of the molecule is COC(C)(O)O[C@@]1(C)CC[C@@]23C[C@@H]1C(C)(C)[C@@H]2CC[C@H]3C. The molecule has 3 fully saturated rings. The molecule has 0 saturated heterocycles. The average molecular weight is 296 g/mol. The number of aliphatic hydroxyl groups is 1. The van der Waals surface area contributed by atoms with Gasteiger partial charge in [-0.3, -0.25) is 0 Å². The molecule has 0 aliphatic heterocycles. The van der Waals surface area contributed by atoms with Crippen LogP contribution in [0, 0.1) is 28.6 Å². The van der Waals surface area contributed by atoms with E-state index in [0.29, 0.717) is 11.3 Å². The molecule has 1 N–H and O–H groups in total. The zero-order valence-corrected chi connectivity index (χ0v) is 14.5. The van der Waals surface area contributed by atoms with Gasteiger partial charge in [-0.1, -0.05) is 20.8 Å². The molecule has 1 unspecified atom stereocenters. The number of fused-ring (bicyclic) bond motifs is 1. The first kappa shape index (κ1) is 15.8. The molecule has 21 heavy (non-hydrogen) atoms. The lowest BCUT2D eigenvalue weighted by Gasteiger charge is -2.49. The summed E-state index contributed by atoms with van der Waals surface area (Å²) in [6, 6.07) is 0. The second-order valence-corrected chi connectivity index (χ2v) is 8.86. The predicted octanol–water partition coefficient (Wildman–Crippen LogP) is 3.95. The molecule has 0 aromatic rings. The summed E-state index contributed by atoms with van der Waals surface area (Å²) >= 11 is 0. The lowest BCUT2D eigenvalue weighted by atomic mass is 9.64. The van der Waals surface area contributed by atoms with Crippen LogP contribution in [0.15, 0.2) is 0 Å². The Hall–Kier alpha value is -0.120. The van der Waals surface area contributed by atoms with Gasteiger partial charge in [-0.2, -0.15) is 0 Å². The molecule has 3 nitrogen and oxygen atoms in total. The lowest BCUT2D eigenvalue weighted by Crippen LogP contribution is -2.51. The van der Waals surface area contributed by atoms with Crippen molar-refractivity contribution in [2.75, 3.05) is 7.11 Å². The van der Waals surface area contributed by atoms with Crippen LogP contribution in [0.1, 0.15) is 66.7 Å². The Morgan fingerprint density at radius 3 is 2.38 bits per heavy atom. The standard InChI is InChI=1S/C18H32O3/c1-12-7-8-13-15(2,3)14-11-18(12,13)10-9-16(14,4)21-17(5,19)20-6/h12-14,19H,7-11H2,1-6H3/t12-,13+,14-,16+,17?,18+/m1/s1. The van der Waals surface area contributed by atoms with Gasteiger partial charge in [-0.25, -0.2) is 0 Å². The van der Waals surface area contributed by atoms with Crippen molar-refractivity contribution < 1.29 is 14.6 Å². The number of rotatable bonds is 3. The normalized spacial score (nSPS) is 50.7. The molecule has 3 rings (SSSR count). The van der Waals surface area contributed by atoms with E-state index in [4.69, 9.17) is 9.47 Å². The zero-order valence-electron chi connectivity index (χ0n) is 14.5. The molecule has 3 aliphatic carbocycles. The predicted molar refractivity (Wildman–Crippen MR) is 82.6 cm³/mol. The van der Waals surface area contributed by atoms with Crippen LogP contribution in [0.4, 0.5) is 0 Å². The summed E-state index contributed by atoms with van der Waals surface area (Å²) in [4.78, 5) is 0. The van der Waals surface area contributed by atoms with Gasteiger partial charge in [0.2, 0.25) is 0 Å². The third-order valence-corrected chi connectivity index (χ3v) is 7.57. The van der Waals surface area contributed by atoms with Crippen LogP contribution in [0.5, 0.6) is 0 Å². The second-order valence-electron chi connectivity index (χ2n) is 8.86. The monoisotopic (exact) mass is 296 g/mol. The molecule has 2 bridgehead atoms. The van der Waals surface area contributed by atoms with Crippen LogP contribution in [0.25, 0.3) is 0 Å². The second kappa shape index (κ2) is 4.46. The molecular weight excluding hydrogens is 264 g/mol. The minimum Gasteiger partial charge on any atom is -0.344 e. The molecule has 3 heteroatoms. The summed E-state index contributed by atoms with van der Waals surface area (Å²) in [5.74, 6) is 0.647. The van der Waals surface area contributed by atoms with Crippen LogP contribution in [-0.2, 0) is 9.47 Å². The number of methoxy groups -OCH3 is 1. The topological polar surface area (TPSA) is 38.7 Å². The third-order valence-electron chi connectivity index (χ3n) is 7.57. The van der Waals surface area contributed by atoms with Gasteiger partial charge in [-0.15, -0.1) is 0 Å². The van der Waals surface area contributed by atoms with Crippen LogP contribution < -0.4 is 0 Å². The summed E-state index contributed by atoms with van der Waals surface area (Å²) in [6.07, 6.45) is 6.26. The summed E-state index contributed by atoms with van der Waals surface area (Å²) in [5.41, 5.74) is 0.508. The Balaban J connectivity index is 1.93. The van der Waals surface area contributed by atoms with Gasteiger partial charge in [0.1, 0.15) is 0 Å². The Labute approximate surface area is 129 Å². The Kier molecular flexibility index (Phi) is 3.34. The maximum absolute atomic E-state index is 10.2. The lowest BCUT2D eigenvalue weighted by molar-refractivity contribution is -0.387. The average Bonchev–Trinajstić information content (AvgIpc) is 2.80. The van der Waals surface area contributed by atoms with E-state index in [1.54, 1.807) is 6.92 Å². The van der Waals surface area contributed by atoms with Crippen LogP contribution in [0.2, 0.25) is 0 Å². The first-order valence-corrected chi connectivity index (χ1v) is 8.55. The fourth-order valence-electron chi connectivity index (χ4n) is 6.45. The minimum absolute atomic E-state index is 0.278. The minimum atomic E-state index is -1.49. The van der Waals surface area contributed by atoms with Crippen LogP contribution >= 0.6 is 0 Å². The molecule has 3 saturated carbocycles. The maximum Gasteiger partial charge on any atom is 0.277 e. The van der Waals surface area contributed by atoms with Crippen molar-refractivity contribution in [3.8, 4) is 0 Å². The number of hydrogen-bond acceptors (Lipinski definition) is 3. The first-order valence-electron chi connectivity index (χ1n) is 8.55. The van der Waals surface area contributed by atoms with Crippen molar-refractivity contribution in [3.63, 3.8) is 0 Å². The van der Waals surface area contributed by atoms with Crippen molar-refractivity contribution in [1.82, 2.24) is 0 Å². The Bertz CT molecular complexity index is 430. The number of hydrogen-bond donors (Lipinski definition) is 1. The zero-order chi connectivity index (χ0) is 15.7. The highest BCUT2D eigenvalue weighted by molar-refractivity contribution is 5.17. The van der Waals surface area contributed by atoms with Gasteiger partial charge in [0.05, 0.1) is 5.60 Å². The molecule has 122 valence electrons. The Morgan fingerprint density at radius 1 is 1.10 bits per heavy atom. The first-order chi connectivity index (χ1) is 9.57. The van der Waals surface area contributed by atoms with E-state index in [1.807, 2.05) is 0 Å². The highest BCUT2D eigenvalue weighted by Crippen LogP contribution is 2.73. The molecule has 6 atom stereocenters. The van der Waals surface area contributed by atoms with Crippen molar-refractivity contribution in [2.45, 2.75) is 78.3 Å². The van der Waals surface area contributed by atoms with Gasteiger partial charge in [0, 0.05) is 14.0 Å². The number of ether oxygens (including phenoxy) is 2. The van der Waals surface area contributed by atoms with Crippen molar-refractivity contribution in [2.24, 2.45) is 28.6 Å². The molecule has 1 spiro atoms. The van der Waals surface area contributed by atoms with Gasteiger partial charge >= 0.3 is 0 Å². The Morgan fingerprint density at radius 2 is 1.76 bits per heavy atom. The molecule has 0 aromatic carbocycles. The fourth-order valence-corrected chi connectivity index (χ4v) is 6.45. The van der Waals surface area contributed by atoms with E-state index < -0.39 is 5.97 Å². The van der Waals surface area contributed by atoms with Crippen molar-refractivity contribution >= 4 is 0 Å². The smallest absolute Gasteiger partial charge is 0.277 e. The van der Waals surface area contributed by atoms with Gasteiger partial charge in [0.25, 0.3) is 5.97 Å². The molecule has 0 aromatic heterocycles. The highest BCUT2D eigenvalue weighted by Gasteiger charge is 2.68. The molecule has 0 heterocycles. The van der Waals surface area contributed by atoms with E-state index in [2.05, 4.69) is 27.7 Å². The van der Waals surface area contributed by atoms with Crippen LogP contribution in [-0.4, -0.2) is 23.8 Å². The van der Waals surface area contributed by atoms with Crippen molar-refractivity contribution in [1.29, 1.82) is 0 Å². The largest absolute Gasteiger partial charge is 0.344 e. The summed E-state index contributed by atoms with van der Waals surface area (Å²) in [7, 11) is 1.50. The highest BCUT2D eigenvalue weighted by atomic mass is 16.8. The summed E-state index contributed by atoms with van der Waals surface area (Å²) < 4.78 is 11.2. The third kappa shape index (κ3) is 2.04. The molecule has 0 amide bonds. The van der Waals surface area contributed by atoms with Gasteiger partial charge in [0.15, 0.2) is 0 Å². The summed E-state index contributed by atoms with van der Waals surface area (Å²) in [6.45, 7) is 11.1. The maximum atomic E-state index is 10.2. The van der Waals surface area contributed by atoms with Gasteiger partial charge in [-0.05, 0) is 67.6 Å². The van der Waals surface area contributed by atoms with E-state index in [1.165, 1.54) is 32.8 Å². The fraction of sp³-hybridized carbons (Fsp3) is 1.00. The molecular formula is C18H32O3. The molecule has 0 radical (unpaired) electrons. The van der Waals surface area contributed by atoms with E-state index in [-0.39, 0.29) is 11.0 Å². The van der Waals surface area contributed by atoms with E-state index >= 15 is 0 Å². The van der Waals surface area contributed by atoms with Gasteiger partial charge < -0.3 is 14.6 Å².